The number of carbonyl (C=O) groups excluding carboxylic acids is 1. The minimum atomic E-state index is -3.56. The van der Waals surface area contributed by atoms with Crippen LogP contribution in [0.5, 0.6) is 0 Å². The van der Waals surface area contributed by atoms with E-state index in [-0.39, 0.29) is 16.7 Å². The van der Waals surface area contributed by atoms with Gasteiger partial charge in [-0.2, -0.15) is 4.31 Å². The van der Waals surface area contributed by atoms with Gasteiger partial charge in [0.2, 0.25) is 5.91 Å². The Hall–Kier alpha value is -1.12. The summed E-state index contributed by atoms with van der Waals surface area (Å²) in [6, 6.07) is 1.42. The second-order valence-electron chi connectivity index (χ2n) is 4.00. The van der Waals surface area contributed by atoms with E-state index in [2.05, 4.69) is 5.32 Å². The van der Waals surface area contributed by atoms with E-state index in [4.69, 9.17) is 5.73 Å². The normalized spacial score (nSPS) is 13.6. The second-order valence-corrected chi connectivity index (χ2v) is 7.18. The Morgan fingerprint density at radius 3 is 2.67 bits per heavy atom. The van der Waals surface area contributed by atoms with Crippen LogP contribution in [0.4, 0.5) is 5.69 Å². The van der Waals surface area contributed by atoms with Gasteiger partial charge >= 0.3 is 0 Å². The molecule has 0 spiro atoms. The molecule has 0 saturated heterocycles. The first-order chi connectivity index (χ1) is 8.28. The Bertz CT molecular complexity index is 524. The van der Waals surface area contributed by atoms with Gasteiger partial charge < -0.3 is 11.1 Å². The molecule has 1 heterocycles. The van der Waals surface area contributed by atoms with Gasteiger partial charge in [0.15, 0.2) is 0 Å². The number of thiophene rings is 1. The third-order valence-electron chi connectivity index (χ3n) is 2.49. The zero-order valence-electron chi connectivity index (χ0n) is 10.5. The minimum absolute atomic E-state index is 0.125. The third-order valence-corrected chi connectivity index (χ3v) is 5.74. The summed E-state index contributed by atoms with van der Waals surface area (Å²) in [6.07, 6.45) is 0. The Morgan fingerprint density at radius 1 is 1.61 bits per heavy atom. The molecule has 0 radical (unpaired) electrons. The van der Waals surface area contributed by atoms with Gasteiger partial charge in [0.05, 0.1) is 0 Å². The molecule has 0 aliphatic rings. The highest BCUT2D eigenvalue weighted by atomic mass is 32.2. The van der Waals surface area contributed by atoms with E-state index in [0.29, 0.717) is 5.69 Å². The number of anilines is 1. The fraction of sp³-hybridized carbons (Fsp3) is 0.500. The van der Waals surface area contributed by atoms with Crippen molar-refractivity contribution in [2.45, 2.75) is 11.1 Å². The van der Waals surface area contributed by atoms with Gasteiger partial charge in [-0.3, -0.25) is 4.79 Å². The smallest absolute Gasteiger partial charge is 0.252 e. The molecular weight excluding hydrogens is 274 g/mol. The first-order valence-corrected chi connectivity index (χ1v) is 7.63. The highest BCUT2D eigenvalue weighted by Crippen LogP contribution is 2.24. The zero-order chi connectivity index (χ0) is 13.9. The fourth-order valence-electron chi connectivity index (χ4n) is 1.43. The van der Waals surface area contributed by atoms with Gasteiger partial charge in [0, 0.05) is 37.6 Å². The Morgan fingerprint density at radius 2 is 2.22 bits per heavy atom. The van der Waals surface area contributed by atoms with E-state index in [1.54, 1.807) is 12.3 Å². The summed E-state index contributed by atoms with van der Waals surface area (Å²) in [5.74, 6) is -0.602. The monoisotopic (exact) mass is 291 g/mol. The topological polar surface area (TPSA) is 92.5 Å². The number of amides is 1. The number of hydrogen-bond donors (Lipinski definition) is 2. The Balaban J connectivity index is 2.83. The standard InChI is InChI=1S/C10H17N3O3S2/c1-7(10(14)12-2)5-13(3)18(15,16)9-4-8(11)6-17-9/h4,6-7H,5,11H2,1-3H3,(H,12,14). The van der Waals surface area contributed by atoms with E-state index >= 15 is 0 Å². The van der Waals surface area contributed by atoms with Crippen LogP contribution < -0.4 is 11.1 Å². The summed E-state index contributed by atoms with van der Waals surface area (Å²) in [4.78, 5) is 11.4. The molecule has 0 fully saturated rings. The van der Waals surface area contributed by atoms with Crippen molar-refractivity contribution in [1.29, 1.82) is 0 Å². The fourth-order valence-corrected chi connectivity index (χ4v) is 3.98. The van der Waals surface area contributed by atoms with Crippen molar-refractivity contribution in [3.63, 3.8) is 0 Å². The van der Waals surface area contributed by atoms with Gasteiger partial charge in [0.1, 0.15) is 4.21 Å². The first-order valence-electron chi connectivity index (χ1n) is 5.31. The lowest BCUT2D eigenvalue weighted by Crippen LogP contribution is -2.37. The molecule has 1 aromatic rings. The average molecular weight is 291 g/mol. The van der Waals surface area contributed by atoms with Crippen molar-refractivity contribution in [3.8, 4) is 0 Å². The molecule has 0 bridgehead atoms. The summed E-state index contributed by atoms with van der Waals surface area (Å²) < 4.78 is 25.6. The van der Waals surface area contributed by atoms with Gasteiger partial charge in [-0.25, -0.2) is 8.42 Å². The number of carbonyl (C=O) groups is 1. The molecule has 0 aromatic carbocycles. The molecule has 1 aromatic heterocycles. The van der Waals surface area contributed by atoms with Gasteiger partial charge in [-0.15, -0.1) is 11.3 Å². The van der Waals surface area contributed by atoms with Crippen molar-refractivity contribution >= 4 is 33.0 Å². The lowest BCUT2D eigenvalue weighted by atomic mass is 10.2. The Kier molecular flexibility index (Phi) is 4.71. The quantitative estimate of drug-likeness (QED) is 0.818. The molecule has 6 nitrogen and oxygen atoms in total. The number of sulfonamides is 1. The van der Waals surface area contributed by atoms with Crippen LogP contribution in [-0.4, -0.2) is 39.3 Å². The van der Waals surface area contributed by atoms with Crippen LogP contribution in [0, 0.1) is 5.92 Å². The van der Waals surface area contributed by atoms with E-state index in [9.17, 15) is 13.2 Å². The maximum atomic E-state index is 12.1. The molecule has 0 aliphatic heterocycles. The maximum Gasteiger partial charge on any atom is 0.252 e. The first kappa shape index (κ1) is 14.9. The van der Waals surface area contributed by atoms with Crippen molar-refractivity contribution < 1.29 is 13.2 Å². The lowest BCUT2D eigenvalue weighted by Gasteiger charge is -2.19. The van der Waals surface area contributed by atoms with Gasteiger partial charge in [-0.1, -0.05) is 6.92 Å². The summed E-state index contributed by atoms with van der Waals surface area (Å²) in [5, 5.41) is 4.06. The van der Waals surface area contributed by atoms with Crippen LogP contribution in [0.25, 0.3) is 0 Å². The van der Waals surface area contributed by atoms with Crippen molar-refractivity contribution in [2.24, 2.45) is 5.92 Å². The largest absolute Gasteiger partial charge is 0.398 e. The molecule has 1 unspecified atom stereocenters. The van der Waals surface area contributed by atoms with Crippen LogP contribution in [0.3, 0.4) is 0 Å². The average Bonchev–Trinajstić information content (AvgIpc) is 2.75. The maximum absolute atomic E-state index is 12.1. The Labute approximate surface area is 111 Å². The van der Waals surface area contributed by atoms with Crippen LogP contribution in [-0.2, 0) is 14.8 Å². The van der Waals surface area contributed by atoms with Crippen LogP contribution in [0.2, 0.25) is 0 Å². The molecular formula is C10H17N3O3S2. The number of hydrogen-bond acceptors (Lipinski definition) is 5. The highest BCUT2D eigenvalue weighted by molar-refractivity contribution is 7.91. The summed E-state index contributed by atoms with van der Waals surface area (Å²) in [6.45, 7) is 1.80. The highest BCUT2D eigenvalue weighted by Gasteiger charge is 2.25. The van der Waals surface area contributed by atoms with Crippen LogP contribution >= 0.6 is 11.3 Å². The summed E-state index contributed by atoms with van der Waals surface area (Å²) >= 11 is 1.07. The SMILES string of the molecule is CNC(=O)C(C)CN(C)S(=O)(=O)c1cc(N)cs1. The van der Waals surface area contributed by atoms with E-state index in [1.165, 1.54) is 20.2 Å². The summed E-state index contributed by atoms with van der Waals surface area (Å²) in [7, 11) is -0.593. The second kappa shape index (κ2) is 5.68. The van der Waals surface area contributed by atoms with E-state index in [1.807, 2.05) is 0 Å². The number of nitrogen functional groups attached to an aromatic ring is 1. The van der Waals surface area contributed by atoms with Crippen molar-refractivity contribution in [3.05, 3.63) is 11.4 Å². The lowest BCUT2D eigenvalue weighted by molar-refractivity contribution is -0.124. The zero-order valence-corrected chi connectivity index (χ0v) is 12.1. The molecule has 8 heteroatoms. The van der Waals surface area contributed by atoms with E-state index < -0.39 is 15.9 Å². The molecule has 0 saturated carbocycles. The molecule has 1 rings (SSSR count). The van der Waals surface area contributed by atoms with E-state index in [0.717, 1.165) is 15.6 Å². The number of nitrogens with two attached hydrogens (primary N) is 1. The van der Waals surface area contributed by atoms with Crippen LogP contribution in [0.15, 0.2) is 15.7 Å². The predicted octanol–water partition coefficient (Wildman–Crippen LogP) is 0.333. The predicted molar refractivity (Wildman–Crippen MR) is 71.8 cm³/mol. The third kappa shape index (κ3) is 3.21. The van der Waals surface area contributed by atoms with Crippen molar-refractivity contribution in [2.75, 3.05) is 26.4 Å². The van der Waals surface area contributed by atoms with Gasteiger partial charge in [0.25, 0.3) is 10.0 Å². The molecule has 3 N–H and O–H groups in total. The minimum Gasteiger partial charge on any atom is -0.398 e. The molecule has 102 valence electrons. The number of nitrogens with one attached hydrogen (secondary N) is 1. The molecule has 1 amide bonds. The molecule has 0 aliphatic carbocycles. The van der Waals surface area contributed by atoms with Crippen molar-refractivity contribution in [1.82, 2.24) is 9.62 Å². The van der Waals surface area contributed by atoms with Gasteiger partial charge in [-0.05, 0) is 6.07 Å². The number of rotatable bonds is 5. The molecule has 1 atom stereocenters. The number of nitrogens with zero attached hydrogens (tertiary/aromatic N) is 1. The summed E-state index contributed by atoms with van der Waals surface area (Å²) in [5.41, 5.74) is 5.93. The van der Waals surface area contributed by atoms with Crippen LogP contribution in [0.1, 0.15) is 6.92 Å². The molecule has 18 heavy (non-hydrogen) atoms.